The Morgan fingerprint density at radius 2 is 2.18 bits per heavy atom. The van der Waals surface area contributed by atoms with Crippen molar-refractivity contribution in [2.45, 2.75) is 19.4 Å². The van der Waals surface area contributed by atoms with Gasteiger partial charge in [-0.15, -0.1) is 24.8 Å². The number of carbonyl (C=O) groups excluding carboxylic acids is 1. The number of hydrogen-bond acceptors (Lipinski definition) is 3. The molecule has 1 aromatic rings. The van der Waals surface area contributed by atoms with Crippen LogP contribution in [0, 0.1) is 0 Å². The second kappa shape index (κ2) is 9.65. The second-order valence-corrected chi connectivity index (χ2v) is 4.30. The van der Waals surface area contributed by atoms with Crippen molar-refractivity contribution in [2.75, 3.05) is 6.54 Å². The molecule has 0 aliphatic heterocycles. The summed E-state index contributed by atoms with van der Waals surface area (Å²) in [6.07, 6.45) is 2.36. The van der Waals surface area contributed by atoms with E-state index in [0.29, 0.717) is 12.2 Å². The van der Waals surface area contributed by atoms with Gasteiger partial charge in [0, 0.05) is 23.3 Å². The highest BCUT2D eigenvalue weighted by molar-refractivity contribution is 9.10. The number of aromatic nitrogens is 1. The van der Waals surface area contributed by atoms with Gasteiger partial charge in [0.05, 0.1) is 0 Å². The standard InChI is InChI=1S/C10H14BrN3O.2ClH/c1-7(12)4-5-13-10(15)9-3-2-8(11)6-14-9;;/h2-3,6-7H,4-5,12H2,1H3,(H,13,15);2*1H. The number of amides is 1. The third-order valence-corrected chi connectivity index (χ3v) is 2.31. The average Bonchev–Trinajstić information content (AvgIpc) is 2.18. The van der Waals surface area contributed by atoms with Gasteiger partial charge < -0.3 is 11.1 Å². The molecule has 1 rings (SSSR count). The summed E-state index contributed by atoms with van der Waals surface area (Å²) >= 11 is 3.26. The summed E-state index contributed by atoms with van der Waals surface area (Å²) in [5, 5.41) is 2.75. The van der Waals surface area contributed by atoms with Crippen LogP contribution >= 0.6 is 40.7 Å². The molecule has 1 unspecified atom stereocenters. The molecule has 3 N–H and O–H groups in total. The van der Waals surface area contributed by atoms with Crippen LogP contribution in [0.3, 0.4) is 0 Å². The molecule has 0 radical (unpaired) electrons. The average molecular weight is 345 g/mol. The Labute approximate surface area is 122 Å². The van der Waals surface area contributed by atoms with E-state index in [4.69, 9.17) is 5.73 Å². The quantitative estimate of drug-likeness (QED) is 0.879. The van der Waals surface area contributed by atoms with Gasteiger partial charge in [0.2, 0.25) is 0 Å². The molecule has 1 heterocycles. The highest BCUT2D eigenvalue weighted by Crippen LogP contribution is 2.07. The number of hydrogen-bond donors (Lipinski definition) is 2. The van der Waals surface area contributed by atoms with E-state index < -0.39 is 0 Å². The predicted octanol–water partition coefficient (Wildman–Crippen LogP) is 2.15. The van der Waals surface area contributed by atoms with Gasteiger partial charge in [0.1, 0.15) is 5.69 Å². The minimum absolute atomic E-state index is 0. The van der Waals surface area contributed by atoms with Crippen molar-refractivity contribution in [3.63, 3.8) is 0 Å². The summed E-state index contributed by atoms with van der Waals surface area (Å²) in [7, 11) is 0. The minimum atomic E-state index is -0.164. The minimum Gasteiger partial charge on any atom is -0.351 e. The van der Waals surface area contributed by atoms with Crippen molar-refractivity contribution in [2.24, 2.45) is 5.73 Å². The first kappa shape index (κ1) is 19.0. The Morgan fingerprint density at radius 1 is 1.53 bits per heavy atom. The number of halogens is 3. The van der Waals surface area contributed by atoms with E-state index in [1.165, 1.54) is 0 Å². The van der Waals surface area contributed by atoms with Crippen LogP contribution < -0.4 is 11.1 Å². The normalized spacial score (nSPS) is 10.8. The van der Waals surface area contributed by atoms with Gasteiger partial charge in [0.15, 0.2) is 0 Å². The highest BCUT2D eigenvalue weighted by Gasteiger charge is 2.05. The fourth-order valence-corrected chi connectivity index (χ4v) is 1.25. The largest absolute Gasteiger partial charge is 0.351 e. The third-order valence-electron chi connectivity index (χ3n) is 1.85. The van der Waals surface area contributed by atoms with Crippen LogP contribution in [0.1, 0.15) is 23.8 Å². The smallest absolute Gasteiger partial charge is 0.269 e. The molecule has 98 valence electrons. The maximum atomic E-state index is 11.5. The fraction of sp³-hybridized carbons (Fsp3) is 0.400. The summed E-state index contributed by atoms with van der Waals surface area (Å²) in [6, 6.07) is 3.56. The molecule has 0 aromatic carbocycles. The third kappa shape index (κ3) is 7.54. The first-order chi connectivity index (χ1) is 7.09. The number of carbonyl (C=O) groups is 1. The van der Waals surface area contributed by atoms with Gasteiger partial charge >= 0.3 is 0 Å². The number of pyridine rings is 1. The monoisotopic (exact) mass is 343 g/mol. The van der Waals surface area contributed by atoms with E-state index in [0.717, 1.165) is 10.9 Å². The summed E-state index contributed by atoms with van der Waals surface area (Å²) in [5.41, 5.74) is 5.98. The topological polar surface area (TPSA) is 68.0 Å². The lowest BCUT2D eigenvalue weighted by atomic mass is 10.2. The first-order valence-electron chi connectivity index (χ1n) is 4.75. The van der Waals surface area contributed by atoms with Crippen molar-refractivity contribution in [1.29, 1.82) is 0 Å². The zero-order chi connectivity index (χ0) is 11.3. The highest BCUT2D eigenvalue weighted by atomic mass is 79.9. The number of nitrogens with zero attached hydrogens (tertiary/aromatic N) is 1. The van der Waals surface area contributed by atoms with Crippen LogP contribution in [0.25, 0.3) is 0 Å². The molecule has 0 saturated carbocycles. The molecule has 0 bridgehead atoms. The molecule has 1 atom stereocenters. The SMILES string of the molecule is CC(N)CCNC(=O)c1ccc(Br)cn1.Cl.Cl. The molecule has 1 amide bonds. The summed E-state index contributed by atoms with van der Waals surface area (Å²) in [6.45, 7) is 2.48. The summed E-state index contributed by atoms with van der Waals surface area (Å²) < 4.78 is 0.856. The van der Waals surface area contributed by atoms with Gasteiger partial charge in [-0.1, -0.05) is 0 Å². The van der Waals surface area contributed by atoms with E-state index in [-0.39, 0.29) is 36.8 Å². The van der Waals surface area contributed by atoms with E-state index in [1.807, 2.05) is 6.92 Å². The Morgan fingerprint density at radius 3 is 2.65 bits per heavy atom. The van der Waals surface area contributed by atoms with Crippen LogP contribution in [0.15, 0.2) is 22.8 Å². The number of rotatable bonds is 4. The predicted molar refractivity (Wildman–Crippen MR) is 77.0 cm³/mol. The Bertz CT molecular complexity index is 333. The molecule has 17 heavy (non-hydrogen) atoms. The molecule has 7 heteroatoms. The molecular formula is C10H16BrCl2N3O. The van der Waals surface area contributed by atoms with Crippen LogP contribution in [0.4, 0.5) is 0 Å². The molecule has 1 aromatic heterocycles. The van der Waals surface area contributed by atoms with Crippen molar-refractivity contribution < 1.29 is 4.79 Å². The summed E-state index contributed by atoms with van der Waals surface area (Å²) in [4.78, 5) is 15.5. The van der Waals surface area contributed by atoms with Gasteiger partial charge in [-0.3, -0.25) is 4.79 Å². The maximum Gasteiger partial charge on any atom is 0.269 e. The van der Waals surface area contributed by atoms with Crippen molar-refractivity contribution in [3.8, 4) is 0 Å². The molecular weight excluding hydrogens is 329 g/mol. The molecule has 0 aliphatic carbocycles. The first-order valence-corrected chi connectivity index (χ1v) is 5.54. The summed E-state index contributed by atoms with van der Waals surface area (Å²) in [5.74, 6) is -0.164. The lowest BCUT2D eigenvalue weighted by molar-refractivity contribution is 0.0948. The van der Waals surface area contributed by atoms with E-state index in [2.05, 4.69) is 26.2 Å². The lowest BCUT2D eigenvalue weighted by Gasteiger charge is -2.06. The van der Waals surface area contributed by atoms with Crippen LogP contribution in [0.5, 0.6) is 0 Å². The Kier molecular flexibility index (Phi) is 10.8. The van der Waals surface area contributed by atoms with E-state index >= 15 is 0 Å². The maximum absolute atomic E-state index is 11.5. The van der Waals surface area contributed by atoms with Crippen molar-refractivity contribution in [1.82, 2.24) is 10.3 Å². The van der Waals surface area contributed by atoms with Gasteiger partial charge in [-0.2, -0.15) is 0 Å². The lowest BCUT2D eigenvalue weighted by Crippen LogP contribution is -2.29. The molecule has 4 nitrogen and oxygen atoms in total. The van der Waals surface area contributed by atoms with Crippen LogP contribution in [0.2, 0.25) is 0 Å². The number of nitrogens with one attached hydrogen (secondary N) is 1. The van der Waals surface area contributed by atoms with Crippen molar-refractivity contribution >= 4 is 46.7 Å². The van der Waals surface area contributed by atoms with E-state index in [1.54, 1.807) is 18.3 Å². The zero-order valence-corrected chi connectivity index (χ0v) is 12.6. The Balaban J connectivity index is 0. The van der Waals surface area contributed by atoms with Gasteiger partial charge in [0.25, 0.3) is 5.91 Å². The van der Waals surface area contributed by atoms with Crippen molar-refractivity contribution in [3.05, 3.63) is 28.5 Å². The number of nitrogens with two attached hydrogens (primary N) is 1. The van der Waals surface area contributed by atoms with E-state index in [9.17, 15) is 4.79 Å². The zero-order valence-electron chi connectivity index (χ0n) is 9.35. The molecule has 0 aliphatic rings. The fourth-order valence-electron chi connectivity index (χ4n) is 1.01. The Hall–Kier alpha value is -0.360. The van der Waals surface area contributed by atoms with Gasteiger partial charge in [-0.05, 0) is 41.4 Å². The molecule has 0 saturated heterocycles. The molecule has 0 spiro atoms. The van der Waals surface area contributed by atoms with Crippen LogP contribution in [-0.4, -0.2) is 23.5 Å². The molecule has 0 fully saturated rings. The van der Waals surface area contributed by atoms with Gasteiger partial charge in [-0.25, -0.2) is 4.98 Å². The second-order valence-electron chi connectivity index (χ2n) is 3.38. The van der Waals surface area contributed by atoms with Crippen LogP contribution in [-0.2, 0) is 0 Å².